The maximum Gasteiger partial charge on any atom is 0.354 e. The van der Waals surface area contributed by atoms with Crippen LogP contribution in [-0.2, 0) is 0 Å². The first kappa shape index (κ1) is 10.2. The summed E-state index contributed by atoms with van der Waals surface area (Å²) in [4.78, 5) is 28.3. The van der Waals surface area contributed by atoms with Gasteiger partial charge in [-0.3, -0.25) is 4.79 Å². The molecule has 0 aliphatic rings. The van der Waals surface area contributed by atoms with Gasteiger partial charge in [0, 0.05) is 11.5 Å². The van der Waals surface area contributed by atoms with E-state index in [1.54, 1.807) is 0 Å². The van der Waals surface area contributed by atoms with Crippen LogP contribution in [0.4, 0.5) is 5.00 Å². The van der Waals surface area contributed by atoms with Gasteiger partial charge in [0.1, 0.15) is 5.00 Å². The molecule has 16 heavy (non-hydrogen) atoms. The minimum Gasteiger partial charge on any atom is -0.477 e. The minimum absolute atomic E-state index is 0.180. The first-order valence-electron chi connectivity index (χ1n) is 4.04. The predicted octanol–water partition coefficient (Wildman–Crippen LogP) is 0.212. The summed E-state index contributed by atoms with van der Waals surface area (Å²) in [6.07, 6.45) is 2.50. The molecule has 82 valence electrons. The number of carbonyl (C=O) groups is 2. The van der Waals surface area contributed by atoms with Gasteiger partial charge >= 0.3 is 5.97 Å². The third-order valence-electron chi connectivity index (χ3n) is 1.67. The number of imidazole rings is 1. The average molecular weight is 239 g/mol. The van der Waals surface area contributed by atoms with Gasteiger partial charge in [-0.1, -0.05) is 4.49 Å². The average Bonchev–Trinajstić information content (AvgIpc) is 2.86. The van der Waals surface area contributed by atoms with Crippen LogP contribution in [0, 0.1) is 0 Å². The smallest absolute Gasteiger partial charge is 0.354 e. The molecule has 0 aliphatic heterocycles. The number of amides is 1. The Morgan fingerprint density at radius 2 is 2.31 bits per heavy atom. The molecule has 2 rings (SSSR count). The monoisotopic (exact) mass is 239 g/mol. The number of hydrogen-bond donors (Lipinski definition) is 3. The summed E-state index contributed by atoms with van der Waals surface area (Å²) < 4.78 is 3.55. The maximum atomic E-state index is 11.6. The number of aromatic carboxylic acids is 1. The second kappa shape index (κ2) is 4.06. The SMILES string of the molecule is O=C(Nc1cnns1)c1nc[nH]c1C(=O)O. The van der Waals surface area contributed by atoms with Crippen molar-refractivity contribution in [2.24, 2.45) is 0 Å². The van der Waals surface area contributed by atoms with Gasteiger partial charge < -0.3 is 15.4 Å². The van der Waals surface area contributed by atoms with Crippen molar-refractivity contribution < 1.29 is 14.7 Å². The van der Waals surface area contributed by atoms with Crippen molar-refractivity contribution in [3.8, 4) is 0 Å². The van der Waals surface area contributed by atoms with E-state index in [1.807, 2.05) is 0 Å². The molecule has 0 aliphatic carbocycles. The molecule has 8 nitrogen and oxygen atoms in total. The quantitative estimate of drug-likeness (QED) is 0.704. The lowest BCUT2D eigenvalue weighted by molar-refractivity contribution is 0.0686. The van der Waals surface area contributed by atoms with E-state index in [1.165, 1.54) is 6.20 Å². The van der Waals surface area contributed by atoms with E-state index >= 15 is 0 Å². The number of hydrogen-bond acceptors (Lipinski definition) is 6. The summed E-state index contributed by atoms with van der Waals surface area (Å²) in [5.41, 5.74) is -0.434. The zero-order chi connectivity index (χ0) is 11.5. The number of rotatable bonds is 3. The van der Waals surface area contributed by atoms with E-state index in [0.29, 0.717) is 5.00 Å². The maximum absolute atomic E-state index is 11.6. The molecule has 2 heterocycles. The molecule has 1 amide bonds. The highest BCUT2D eigenvalue weighted by molar-refractivity contribution is 7.10. The highest BCUT2D eigenvalue weighted by atomic mass is 32.1. The van der Waals surface area contributed by atoms with Gasteiger partial charge in [0.15, 0.2) is 11.4 Å². The molecular weight excluding hydrogens is 234 g/mol. The predicted molar refractivity (Wildman–Crippen MR) is 53.4 cm³/mol. The molecule has 0 saturated heterocycles. The van der Waals surface area contributed by atoms with E-state index < -0.39 is 11.9 Å². The van der Waals surface area contributed by atoms with Crippen molar-refractivity contribution in [2.45, 2.75) is 0 Å². The van der Waals surface area contributed by atoms with Crippen LogP contribution >= 0.6 is 11.5 Å². The number of aromatic amines is 1. The third kappa shape index (κ3) is 1.88. The molecule has 0 aromatic carbocycles. The first-order valence-corrected chi connectivity index (χ1v) is 4.81. The van der Waals surface area contributed by atoms with Crippen LogP contribution < -0.4 is 5.32 Å². The molecule has 9 heteroatoms. The Labute approximate surface area is 92.5 Å². The topological polar surface area (TPSA) is 121 Å². The molecule has 0 radical (unpaired) electrons. The number of H-pyrrole nitrogens is 1. The molecule has 2 aromatic heterocycles. The summed E-state index contributed by atoms with van der Waals surface area (Å²) >= 11 is 0.984. The van der Waals surface area contributed by atoms with Gasteiger partial charge in [0.2, 0.25) is 0 Å². The van der Waals surface area contributed by atoms with Crippen molar-refractivity contribution in [1.29, 1.82) is 0 Å². The van der Waals surface area contributed by atoms with Crippen molar-refractivity contribution in [2.75, 3.05) is 5.32 Å². The molecule has 3 N–H and O–H groups in total. The molecule has 2 aromatic rings. The van der Waals surface area contributed by atoms with Gasteiger partial charge in [0.05, 0.1) is 12.5 Å². The Kier molecular flexibility index (Phi) is 2.60. The lowest BCUT2D eigenvalue weighted by atomic mass is 10.3. The van der Waals surface area contributed by atoms with Crippen molar-refractivity contribution in [3.63, 3.8) is 0 Å². The van der Waals surface area contributed by atoms with E-state index in [0.717, 1.165) is 17.9 Å². The number of anilines is 1. The van der Waals surface area contributed by atoms with Gasteiger partial charge in [-0.2, -0.15) is 0 Å². The molecular formula is C7H5N5O3S. The number of carboxylic acid groups (broad SMARTS) is 1. The van der Waals surface area contributed by atoms with Crippen LogP contribution in [0.5, 0.6) is 0 Å². The van der Waals surface area contributed by atoms with Crippen molar-refractivity contribution >= 4 is 28.4 Å². The molecule has 0 saturated carbocycles. The zero-order valence-corrected chi connectivity index (χ0v) is 8.48. The fourth-order valence-corrected chi connectivity index (χ4v) is 1.44. The number of carbonyl (C=O) groups excluding carboxylic acids is 1. The lowest BCUT2D eigenvalue weighted by Gasteiger charge is -1.98. The third-order valence-corrected chi connectivity index (χ3v) is 2.25. The Bertz CT molecular complexity index is 520. The summed E-state index contributed by atoms with van der Waals surface area (Å²) in [6.45, 7) is 0. The number of aromatic nitrogens is 4. The molecule has 0 atom stereocenters. The molecule has 0 bridgehead atoms. The van der Waals surface area contributed by atoms with Crippen LogP contribution in [0.25, 0.3) is 0 Å². The lowest BCUT2D eigenvalue weighted by Crippen LogP contribution is -2.15. The second-order valence-corrected chi connectivity index (χ2v) is 3.45. The number of nitrogens with one attached hydrogen (secondary N) is 2. The fourth-order valence-electron chi connectivity index (χ4n) is 1.02. The standard InChI is InChI=1S/C7H5N5O3S/c13-6(11-3-1-10-12-16-3)4-5(7(14)15)9-2-8-4/h1-2H,(H,8,9)(H,11,13)(H,14,15). The van der Waals surface area contributed by atoms with Crippen LogP contribution in [0.1, 0.15) is 21.0 Å². The van der Waals surface area contributed by atoms with Crippen LogP contribution in [0.15, 0.2) is 12.5 Å². The normalized spacial score (nSPS) is 10.0. The van der Waals surface area contributed by atoms with E-state index in [4.69, 9.17) is 5.11 Å². The zero-order valence-electron chi connectivity index (χ0n) is 7.67. The highest BCUT2D eigenvalue weighted by Gasteiger charge is 2.20. The largest absolute Gasteiger partial charge is 0.477 e. The van der Waals surface area contributed by atoms with Crippen LogP contribution in [0.3, 0.4) is 0 Å². The van der Waals surface area contributed by atoms with Gasteiger partial charge in [-0.05, 0) is 0 Å². The minimum atomic E-state index is -1.25. The molecule has 0 spiro atoms. The number of nitrogens with zero attached hydrogens (tertiary/aromatic N) is 3. The fraction of sp³-hybridized carbons (Fsp3) is 0. The summed E-state index contributed by atoms with van der Waals surface area (Å²) in [7, 11) is 0. The van der Waals surface area contributed by atoms with E-state index in [2.05, 4.69) is 24.9 Å². The Morgan fingerprint density at radius 1 is 1.50 bits per heavy atom. The van der Waals surface area contributed by atoms with Crippen LogP contribution in [-0.4, -0.2) is 36.5 Å². The highest BCUT2D eigenvalue weighted by Crippen LogP contribution is 2.12. The Morgan fingerprint density at radius 3 is 2.94 bits per heavy atom. The Hall–Kier alpha value is -2.29. The van der Waals surface area contributed by atoms with Gasteiger partial charge in [-0.15, -0.1) is 5.10 Å². The summed E-state index contributed by atoms with van der Waals surface area (Å²) in [6, 6.07) is 0. The summed E-state index contributed by atoms with van der Waals surface area (Å²) in [5.74, 6) is -1.87. The molecule has 0 unspecified atom stereocenters. The van der Waals surface area contributed by atoms with Gasteiger partial charge in [-0.25, -0.2) is 9.78 Å². The molecule has 0 fully saturated rings. The van der Waals surface area contributed by atoms with Crippen molar-refractivity contribution in [1.82, 2.24) is 19.6 Å². The number of carboxylic acids is 1. The van der Waals surface area contributed by atoms with Crippen molar-refractivity contribution in [3.05, 3.63) is 23.9 Å². The van der Waals surface area contributed by atoms with Gasteiger partial charge in [0.25, 0.3) is 5.91 Å². The summed E-state index contributed by atoms with van der Waals surface area (Å²) in [5, 5.41) is 15.1. The van der Waals surface area contributed by atoms with E-state index in [-0.39, 0.29) is 11.4 Å². The first-order chi connectivity index (χ1) is 7.68. The Balaban J connectivity index is 2.21. The second-order valence-electron chi connectivity index (χ2n) is 2.67. The van der Waals surface area contributed by atoms with Crippen LogP contribution in [0.2, 0.25) is 0 Å². The van der Waals surface area contributed by atoms with E-state index in [9.17, 15) is 9.59 Å².